The highest BCUT2D eigenvalue weighted by atomic mass is 16.5. The van der Waals surface area contributed by atoms with Crippen molar-refractivity contribution >= 4 is 5.91 Å². The molecule has 4 atom stereocenters. The lowest BCUT2D eigenvalue weighted by Gasteiger charge is -2.35. The molecule has 0 bridgehead atoms. The Kier molecular flexibility index (Phi) is 8.22. The van der Waals surface area contributed by atoms with E-state index < -0.39 is 0 Å². The zero-order valence-electron chi connectivity index (χ0n) is 14.1. The van der Waals surface area contributed by atoms with Gasteiger partial charge in [0, 0.05) is 19.6 Å². The summed E-state index contributed by atoms with van der Waals surface area (Å²) in [7, 11) is 0. The number of carbonyl (C=O) groups is 1. The van der Waals surface area contributed by atoms with Crippen molar-refractivity contribution in [3.05, 3.63) is 0 Å². The Labute approximate surface area is 129 Å². The molecule has 4 unspecified atom stereocenters. The molecule has 1 aliphatic rings. The van der Waals surface area contributed by atoms with E-state index in [1.165, 1.54) is 0 Å². The van der Waals surface area contributed by atoms with Gasteiger partial charge in [-0.1, -0.05) is 20.3 Å². The molecule has 1 rings (SSSR count). The Bertz CT molecular complexity index is 302. The number of morpholine rings is 1. The fourth-order valence-corrected chi connectivity index (χ4v) is 2.77. The topological polar surface area (TPSA) is 67.6 Å². The minimum Gasteiger partial charge on any atom is -0.373 e. The van der Waals surface area contributed by atoms with Gasteiger partial charge in [0.25, 0.3) is 0 Å². The lowest BCUT2D eigenvalue weighted by molar-refractivity contribution is -0.123. The van der Waals surface area contributed by atoms with Crippen LogP contribution >= 0.6 is 0 Å². The summed E-state index contributed by atoms with van der Waals surface area (Å²) < 4.78 is 5.72. The third-order valence-electron chi connectivity index (χ3n) is 4.26. The molecule has 0 aliphatic carbocycles. The monoisotopic (exact) mass is 299 g/mol. The molecule has 5 nitrogen and oxygen atoms in total. The van der Waals surface area contributed by atoms with Crippen molar-refractivity contribution in [2.24, 2.45) is 11.7 Å². The number of unbranched alkanes of at least 4 members (excludes halogenated alkanes) is 1. The van der Waals surface area contributed by atoms with Crippen LogP contribution in [0.5, 0.6) is 0 Å². The molecule has 21 heavy (non-hydrogen) atoms. The molecule has 0 aromatic carbocycles. The first-order valence-electron chi connectivity index (χ1n) is 8.35. The van der Waals surface area contributed by atoms with Crippen molar-refractivity contribution in [3.63, 3.8) is 0 Å². The first-order chi connectivity index (χ1) is 9.93. The van der Waals surface area contributed by atoms with E-state index in [0.717, 1.165) is 45.4 Å². The van der Waals surface area contributed by atoms with Gasteiger partial charge in [-0.05, 0) is 39.2 Å². The van der Waals surface area contributed by atoms with Gasteiger partial charge in [0.05, 0.1) is 18.2 Å². The summed E-state index contributed by atoms with van der Waals surface area (Å²) in [6, 6.07) is -0.379. The number of nitrogens with one attached hydrogen (secondary N) is 1. The summed E-state index contributed by atoms with van der Waals surface area (Å²) in [4.78, 5) is 14.3. The van der Waals surface area contributed by atoms with Gasteiger partial charge in [0.1, 0.15) is 0 Å². The molecular formula is C16H33N3O2. The third-order valence-corrected chi connectivity index (χ3v) is 4.26. The van der Waals surface area contributed by atoms with E-state index in [2.05, 4.69) is 31.0 Å². The van der Waals surface area contributed by atoms with E-state index in [-0.39, 0.29) is 17.9 Å². The Morgan fingerprint density at radius 1 is 1.33 bits per heavy atom. The molecule has 3 N–H and O–H groups in total. The fraction of sp³-hybridized carbons (Fsp3) is 0.938. The van der Waals surface area contributed by atoms with Crippen molar-refractivity contribution in [2.45, 2.75) is 65.2 Å². The number of ether oxygens (including phenoxy) is 1. The minimum atomic E-state index is -0.379. The second-order valence-corrected chi connectivity index (χ2v) is 6.43. The molecule has 5 heteroatoms. The lowest BCUT2D eigenvalue weighted by atomic mass is 9.99. The summed E-state index contributed by atoms with van der Waals surface area (Å²) in [5, 5.41) is 2.95. The Hall–Kier alpha value is -0.650. The number of amides is 1. The van der Waals surface area contributed by atoms with Crippen molar-refractivity contribution in [2.75, 3.05) is 26.2 Å². The molecule has 1 fully saturated rings. The van der Waals surface area contributed by atoms with E-state index in [0.29, 0.717) is 12.2 Å². The number of nitrogens with zero attached hydrogens (tertiary/aromatic N) is 1. The van der Waals surface area contributed by atoms with Crippen LogP contribution in [0.3, 0.4) is 0 Å². The molecule has 1 saturated heterocycles. The Morgan fingerprint density at radius 3 is 2.52 bits per heavy atom. The van der Waals surface area contributed by atoms with Crippen molar-refractivity contribution in [1.29, 1.82) is 0 Å². The normalized spacial score (nSPS) is 26.3. The standard InChI is InChI=1S/C16H33N3O2/c1-5-12(2)15(17)16(20)18-8-6-7-9-19-10-13(3)21-14(4)11-19/h12-15H,5-11,17H2,1-4H3,(H,18,20). The van der Waals surface area contributed by atoms with Crippen LogP contribution in [0.4, 0.5) is 0 Å². The van der Waals surface area contributed by atoms with Crippen LogP contribution in [-0.2, 0) is 9.53 Å². The van der Waals surface area contributed by atoms with Crippen LogP contribution in [0.1, 0.15) is 47.0 Å². The van der Waals surface area contributed by atoms with E-state index in [1.54, 1.807) is 0 Å². The molecule has 0 aromatic rings. The predicted molar refractivity (Wildman–Crippen MR) is 86.1 cm³/mol. The van der Waals surface area contributed by atoms with Gasteiger partial charge < -0.3 is 15.8 Å². The number of nitrogens with two attached hydrogens (primary N) is 1. The Balaban J connectivity index is 2.10. The van der Waals surface area contributed by atoms with Gasteiger partial charge in [-0.25, -0.2) is 0 Å². The SMILES string of the molecule is CCC(C)C(N)C(=O)NCCCCN1CC(C)OC(C)C1. The van der Waals surface area contributed by atoms with Gasteiger partial charge in [0.15, 0.2) is 0 Å². The molecule has 0 spiro atoms. The molecule has 0 radical (unpaired) electrons. The Morgan fingerprint density at radius 2 is 1.95 bits per heavy atom. The van der Waals surface area contributed by atoms with E-state index in [9.17, 15) is 4.79 Å². The number of hydrogen-bond acceptors (Lipinski definition) is 4. The first-order valence-corrected chi connectivity index (χ1v) is 8.35. The molecular weight excluding hydrogens is 266 g/mol. The summed E-state index contributed by atoms with van der Waals surface area (Å²) in [5.41, 5.74) is 5.90. The average Bonchev–Trinajstić information content (AvgIpc) is 2.44. The summed E-state index contributed by atoms with van der Waals surface area (Å²) in [5.74, 6) is 0.222. The maximum Gasteiger partial charge on any atom is 0.237 e. The third kappa shape index (κ3) is 6.76. The van der Waals surface area contributed by atoms with Crippen LogP contribution in [-0.4, -0.2) is 55.2 Å². The number of rotatable bonds is 8. The molecule has 124 valence electrons. The first kappa shape index (κ1) is 18.4. The van der Waals surface area contributed by atoms with Crippen LogP contribution in [0.2, 0.25) is 0 Å². The summed E-state index contributed by atoms with van der Waals surface area (Å²) in [6.45, 7) is 12.1. The van der Waals surface area contributed by atoms with Crippen LogP contribution < -0.4 is 11.1 Å². The maximum atomic E-state index is 11.8. The summed E-state index contributed by atoms with van der Waals surface area (Å²) >= 11 is 0. The zero-order chi connectivity index (χ0) is 15.8. The largest absolute Gasteiger partial charge is 0.373 e. The van der Waals surface area contributed by atoms with Gasteiger partial charge in [-0.2, -0.15) is 0 Å². The molecule has 1 heterocycles. The van der Waals surface area contributed by atoms with Gasteiger partial charge in [-0.15, -0.1) is 0 Å². The highest BCUT2D eigenvalue weighted by molar-refractivity contribution is 5.81. The maximum absolute atomic E-state index is 11.8. The van der Waals surface area contributed by atoms with Crippen LogP contribution in [0.25, 0.3) is 0 Å². The lowest BCUT2D eigenvalue weighted by Crippen LogP contribution is -2.46. The van der Waals surface area contributed by atoms with E-state index in [1.807, 2.05) is 6.92 Å². The molecule has 1 amide bonds. The van der Waals surface area contributed by atoms with Crippen molar-refractivity contribution in [3.8, 4) is 0 Å². The highest BCUT2D eigenvalue weighted by Crippen LogP contribution is 2.11. The van der Waals surface area contributed by atoms with E-state index >= 15 is 0 Å². The molecule has 0 saturated carbocycles. The van der Waals surface area contributed by atoms with E-state index in [4.69, 9.17) is 10.5 Å². The van der Waals surface area contributed by atoms with Gasteiger partial charge in [-0.3, -0.25) is 9.69 Å². The van der Waals surface area contributed by atoms with Crippen molar-refractivity contribution < 1.29 is 9.53 Å². The number of hydrogen-bond donors (Lipinski definition) is 2. The minimum absolute atomic E-state index is 0.0158. The second kappa shape index (κ2) is 9.38. The average molecular weight is 299 g/mol. The van der Waals surface area contributed by atoms with Crippen LogP contribution in [0.15, 0.2) is 0 Å². The van der Waals surface area contributed by atoms with Crippen LogP contribution in [0, 0.1) is 5.92 Å². The molecule has 0 aromatic heterocycles. The summed E-state index contributed by atoms with van der Waals surface area (Å²) in [6.07, 6.45) is 3.67. The smallest absolute Gasteiger partial charge is 0.237 e. The fourth-order valence-electron chi connectivity index (χ4n) is 2.77. The zero-order valence-corrected chi connectivity index (χ0v) is 14.1. The van der Waals surface area contributed by atoms with Crippen molar-refractivity contribution in [1.82, 2.24) is 10.2 Å². The number of carbonyl (C=O) groups excluding carboxylic acids is 1. The highest BCUT2D eigenvalue weighted by Gasteiger charge is 2.21. The second-order valence-electron chi connectivity index (χ2n) is 6.43. The van der Waals surface area contributed by atoms with Gasteiger partial charge >= 0.3 is 0 Å². The quantitative estimate of drug-likeness (QED) is 0.664. The van der Waals surface area contributed by atoms with Gasteiger partial charge in [0.2, 0.25) is 5.91 Å². The molecule has 1 aliphatic heterocycles. The predicted octanol–water partition coefficient (Wildman–Crippen LogP) is 1.37.